The third-order valence-electron chi connectivity index (χ3n) is 2.84. The van der Waals surface area contributed by atoms with Gasteiger partial charge in [0, 0.05) is 26.7 Å². The van der Waals surface area contributed by atoms with Crippen LogP contribution < -0.4 is 16.0 Å². The summed E-state index contributed by atoms with van der Waals surface area (Å²) in [7, 11) is 3.40. The zero-order valence-corrected chi connectivity index (χ0v) is 14.0. The molecule has 7 nitrogen and oxygen atoms in total. The number of rotatable bonds is 6. The average molecular weight is 313 g/mol. The van der Waals surface area contributed by atoms with Crippen LogP contribution in [0.3, 0.4) is 0 Å². The van der Waals surface area contributed by atoms with Crippen LogP contribution in [0.5, 0.6) is 0 Å². The number of hydrogen-bond acceptors (Lipinski definition) is 6. The zero-order chi connectivity index (χ0) is 16.2. The van der Waals surface area contributed by atoms with Gasteiger partial charge < -0.3 is 20.9 Å². The van der Waals surface area contributed by atoms with Crippen LogP contribution in [0.25, 0.3) is 0 Å². The van der Waals surface area contributed by atoms with E-state index >= 15 is 0 Å². The Morgan fingerprint density at radius 2 is 2.00 bits per heavy atom. The lowest BCUT2D eigenvalue weighted by molar-refractivity contribution is -0.127. The van der Waals surface area contributed by atoms with Gasteiger partial charge in [0.25, 0.3) is 5.91 Å². The summed E-state index contributed by atoms with van der Waals surface area (Å²) in [5.74, 6) is -0.107. The topological polar surface area (TPSA) is 91.6 Å². The number of carbonyl (C=O) groups excluding carboxylic acids is 2. The molecule has 21 heavy (non-hydrogen) atoms. The predicted molar refractivity (Wildman–Crippen MR) is 85.7 cm³/mol. The molecule has 0 atom stereocenters. The number of nitrogens with zero attached hydrogens (tertiary/aromatic N) is 3. The second kappa shape index (κ2) is 7.26. The van der Waals surface area contributed by atoms with Gasteiger partial charge in [0.05, 0.1) is 6.54 Å². The van der Waals surface area contributed by atoms with Crippen molar-refractivity contribution in [3.63, 3.8) is 0 Å². The minimum absolute atomic E-state index is 0.00290. The summed E-state index contributed by atoms with van der Waals surface area (Å²) >= 11 is 1.14. The van der Waals surface area contributed by atoms with E-state index in [0.29, 0.717) is 17.1 Å². The predicted octanol–water partition coefficient (Wildman–Crippen LogP) is 0.778. The first kappa shape index (κ1) is 17.2. The van der Waals surface area contributed by atoms with E-state index in [1.54, 1.807) is 14.1 Å². The van der Waals surface area contributed by atoms with Gasteiger partial charge in [-0.05, 0) is 32.3 Å². The van der Waals surface area contributed by atoms with Crippen LogP contribution in [0.4, 0.5) is 10.8 Å². The number of hydrogen-bond donors (Lipinski definition) is 2. The van der Waals surface area contributed by atoms with Crippen molar-refractivity contribution in [3.8, 4) is 0 Å². The van der Waals surface area contributed by atoms with Crippen LogP contribution in [0.15, 0.2) is 0 Å². The summed E-state index contributed by atoms with van der Waals surface area (Å²) in [4.78, 5) is 27.5. The minimum atomic E-state index is -0.262. The van der Waals surface area contributed by atoms with Gasteiger partial charge in [-0.1, -0.05) is 0 Å². The van der Waals surface area contributed by atoms with Crippen LogP contribution in [-0.2, 0) is 4.79 Å². The quantitative estimate of drug-likeness (QED) is 0.810. The Morgan fingerprint density at radius 3 is 2.48 bits per heavy atom. The first-order valence-corrected chi connectivity index (χ1v) is 7.56. The molecule has 0 saturated carbocycles. The average Bonchev–Trinajstić information content (AvgIpc) is 2.76. The van der Waals surface area contributed by atoms with Crippen LogP contribution in [0.1, 0.15) is 31.1 Å². The number of amides is 2. The molecule has 8 heteroatoms. The van der Waals surface area contributed by atoms with Crippen LogP contribution >= 0.6 is 11.5 Å². The maximum atomic E-state index is 12.3. The normalized spacial score (nSPS) is 10.6. The number of nitrogens with one attached hydrogen (secondary N) is 1. The number of nitrogen functional groups attached to an aromatic ring is 1. The summed E-state index contributed by atoms with van der Waals surface area (Å²) < 4.78 is 4.06. The first-order chi connectivity index (χ1) is 9.77. The molecule has 1 aromatic heterocycles. The highest BCUT2D eigenvalue weighted by Gasteiger charge is 2.24. The van der Waals surface area contributed by atoms with Crippen molar-refractivity contribution in [1.82, 2.24) is 14.6 Å². The van der Waals surface area contributed by atoms with Crippen molar-refractivity contribution in [2.45, 2.75) is 26.8 Å². The van der Waals surface area contributed by atoms with E-state index in [4.69, 9.17) is 5.73 Å². The zero-order valence-electron chi connectivity index (χ0n) is 13.1. The molecule has 0 aliphatic carbocycles. The van der Waals surface area contributed by atoms with Crippen LogP contribution in [0, 0.1) is 0 Å². The molecule has 1 aromatic rings. The minimum Gasteiger partial charge on any atom is -0.382 e. The third-order valence-corrected chi connectivity index (χ3v) is 3.76. The van der Waals surface area contributed by atoms with Gasteiger partial charge in [0.2, 0.25) is 5.91 Å². The molecule has 1 rings (SSSR count). The lowest BCUT2D eigenvalue weighted by Crippen LogP contribution is -2.38. The van der Waals surface area contributed by atoms with Gasteiger partial charge in [-0.3, -0.25) is 9.59 Å². The molecule has 1 heterocycles. The van der Waals surface area contributed by atoms with Crippen LogP contribution in [-0.4, -0.2) is 54.3 Å². The van der Waals surface area contributed by atoms with E-state index in [9.17, 15) is 9.59 Å². The highest BCUT2D eigenvalue weighted by Crippen LogP contribution is 2.30. The summed E-state index contributed by atoms with van der Waals surface area (Å²) in [5, 5.41) is 3.44. The van der Waals surface area contributed by atoms with E-state index in [-0.39, 0.29) is 30.2 Å². The Balaban J connectivity index is 3.05. The van der Waals surface area contributed by atoms with E-state index < -0.39 is 0 Å². The largest absolute Gasteiger partial charge is 0.382 e. The van der Waals surface area contributed by atoms with Gasteiger partial charge in [-0.2, -0.15) is 4.37 Å². The number of carbonyl (C=O) groups is 2. The highest BCUT2D eigenvalue weighted by atomic mass is 32.1. The molecule has 0 unspecified atom stereocenters. The fourth-order valence-electron chi connectivity index (χ4n) is 1.69. The highest BCUT2D eigenvalue weighted by molar-refractivity contribution is 7.11. The number of likely N-dealkylation sites (N-methyl/N-ethyl adjacent to an activating group) is 2. The van der Waals surface area contributed by atoms with Crippen LogP contribution in [0.2, 0.25) is 0 Å². The molecular formula is C13H23N5O2S. The van der Waals surface area contributed by atoms with Crippen molar-refractivity contribution in [2.24, 2.45) is 0 Å². The number of anilines is 2. The molecule has 0 saturated heterocycles. The summed E-state index contributed by atoms with van der Waals surface area (Å²) in [6.45, 7) is 6.45. The Morgan fingerprint density at radius 1 is 1.38 bits per heavy atom. The molecule has 2 amide bonds. The molecule has 3 N–H and O–H groups in total. The standard InChI is InChI=1S/C13H23N5O2S/c1-6-18(7-9(19)17(4)5)13-10(11(14)16-21-13)12(20)15-8(2)3/h8H,6-7H2,1-5H3,(H2,14,16)(H,15,20). The Kier molecular flexibility index (Phi) is 5.95. The second-order valence-electron chi connectivity index (χ2n) is 5.18. The lowest BCUT2D eigenvalue weighted by Gasteiger charge is -2.23. The Labute approximate surface area is 129 Å². The summed E-state index contributed by atoms with van der Waals surface area (Å²) in [5.41, 5.74) is 6.17. The van der Waals surface area contributed by atoms with Gasteiger partial charge in [-0.15, -0.1) is 0 Å². The van der Waals surface area contributed by atoms with Crippen molar-refractivity contribution >= 4 is 34.2 Å². The lowest BCUT2D eigenvalue weighted by atomic mass is 10.2. The SMILES string of the molecule is CCN(CC(=O)N(C)C)c1snc(N)c1C(=O)NC(C)C. The first-order valence-electron chi connectivity index (χ1n) is 6.79. The Bertz CT molecular complexity index is 513. The van der Waals surface area contributed by atoms with Crippen molar-refractivity contribution in [3.05, 3.63) is 5.56 Å². The molecule has 0 fully saturated rings. The molecule has 0 radical (unpaired) electrons. The Hall–Kier alpha value is -1.83. The smallest absolute Gasteiger partial charge is 0.258 e. The van der Waals surface area contributed by atoms with E-state index in [0.717, 1.165) is 11.5 Å². The second-order valence-corrected chi connectivity index (χ2v) is 5.93. The fourth-order valence-corrected chi connectivity index (χ4v) is 2.56. The number of aromatic nitrogens is 1. The molecule has 0 aliphatic rings. The maximum absolute atomic E-state index is 12.3. The monoisotopic (exact) mass is 313 g/mol. The van der Waals surface area contributed by atoms with Crippen molar-refractivity contribution < 1.29 is 9.59 Å². The molecule has 0 spiro atoms. The molecule has 0 bridgehead atoms. The molecule has 118 valence electrons. The molecular weight excluding hydrogens is 290 g/mol. The third kappa shape index (κ3) is 4.32. The van der Waals surface area contributed by atoms with Gasteiger partial charge >= 0.3 is 0 Å². The van der Waals surface area contributed by atoms with E-state index in [2.05, 4.69) is 9.69 Å². The van der Waals surface area contributed by atoms with Crippen molar-refractivity contribution in [2.75, 3.05) is 37.8 Å². The van der Waals surface area contributed by atoms with Gasteiger partial charge in [0.1, 0.15) is 10.6 Å². The van der Waals surface area contributed by atoms with Gasteiger partial charge in [-0.25, -0.2) is 0 Å². The summed E-state index contributed by atoms with van der Waals surface area (Å²) in [6.07, 6.45) is 0. The van der Waals surface area contributed by atoms with Gasteiger partial charge in [0.15, 0.2) is 5.82 Å². The maximum Gasteiger partial charge on any atom is 0.258 e. The molecule has 0 aliphatic heterocycles. The summed E-state index contributed by atoms with van der Waals surface area (Å²) in [6, 6.07) is 0.00290. The fraction of sp³-hybridized carbons (Fsp3) is 0.615. The molecule has 0 aromatic carbocycles. The van der Waals surface area contributed by atoms with E-state index in [1.165, 1.54) is 4.90 Å². The van der Waals surface area contributed by atoms with Crippen molar-refractivity contribution in [1.29, 1.82) is 0 Å². The van der Waals surface area contributed by atoms with E-state index in [1.807, 2.05) is 25.7 Å². The number of nitrogens with two attached hydrogens (primary N) is 1.